The second kappa shape index (κ2) is 4.65. The molecule has 1 atom stereocenters. The highest BCUT2D eigenvalue weighted by atomic mass is 16.1. The van der Waals surface area contributed by atoms with Crippen molar-refractivity contribution in [3.8, 4) is 0 Å². The standard InChI is InChI=1S/C11H16N2O/c1-8(11(14)13-3)9-6-4-5-7-10(9)12-2/h4-8,12H,1-3H3,(H,13,14). The minimum Gasteiger partial charge on any atom is -0.388 e. The van der Waals surface area contributed by atoms with Gasteiger partial charge in [0.1, 0.15) is 0 Å². The average Bonchev–Trinajstić information content (AvgIpc) is 2.26. The Morgan fingerprint density at radius 2 is 1.93 bits per heavy atom. The van der Waals surface area contributed by atoms with E-state index in [9.17, 15) is 4.79 Å². The Labute approximate surface area is 84.5 Å². The molecule has 0 fully saturated rings. The Balaban J connectivity index is 2.99. The van der Waals surface area contributed by atoms with Crippen LogP contribution in [-0.2, 0) is 4.79 Å². The zero-order valence-electron chi connectivity index (χ0n) is 8.79. The molecule has 0 aromatic heterocycles. The second-order valence-corrected chi connectivity index (χ2v) is 3.17. The van der Waals surface area contributed by atoms with E-state index in [2.05, 4.69) is 10.6 Å². The van der Waals surface area contributed by atoms with Crippen LogP contribution in [0.1, 0.15) is 18.4 Å². The largest absolute Gasteiger partial charge is 0.388 e. The molecule has 0 bridgehead atoms. The van der Waals surface area contributed by atoms with Crippen molar-refractivity contribution >= 4 is 11.6 Å². The summed E-state index contributed by atoms with van der Waals surface area (Å²) in [6, 6.07) is 7.82. The third-order valence-electron chi connectivity index (χ3n) is 2.34. The Bertz CT molecular complexity index is 323. The third kappa shape index (κ3) is 2.05. The molecule has 1 aromatic rings. The molecule has 0 heterocycles. The molecule has 3 heteroatoms. The first kappa shape index (κ1) is 10.6. The lowest BCUT2D eigenvalue weighted by atomic mass is 9.98. The van der Waals surface area contributed by atoms with Crippen LogP contribution in [0, 0.1) is 0 Å². The minimum absolute atomic E-state index is 0.0349. The van der Waals surface area contributed by atoms with Crippen LogP contribution in [0.4, 0.5) is 5.69 Å². The van der Waals surface area contributed by atoms with Gasteiger partial charge in [-0.3, -0.25) is 4.79 Å². The highest BCUT2D eigenvalue weighted by Gasteiger charge is 2.15. The van der Waals surface area contributed by atoms with E-state index in [0.717, 1.165) is 11.3 Å². The smallest absolute Gasteiger partial charge is 0.227 e. The van der Waals surface area contributed by atoms with Gasteiger partial charge in [0.25, 0.3) is 0 Å². The van der Waals surface area contributed by atoms with Crippen LogP contribution in [0.15, 0.2) is 24.3 Å². The Kier molecular flexibility index (Phi) is 3.51. The number of likely N-dealkylation sites (N-methyl/N-ethyl adjacent to an activating group) is 1. The van der Waals surface area contributed by atoms with Crippen LogP contribution in [0.25, 0.3) is 0 Å². The summed E-state index contributed by atoms with van der Waals surface area (Å²) < 4.78 is 0. The topological polar surface area (TPSA) is 41.1 Å². The number of nitrogens with one attached hydrogen (secondary N) is 2. The van der Waals surface area contributed by atoms with Gasteiger partial charge in [-0.1, -0.05) is 18.2 Å². The molecule has 0 aliphatic heterocycles. The summed E-state index contributed by atoms with van der Waals surface area (Å²) in [6.45, 7) is 1.90. The number of benzene rings is 1. The summed E-state index contributed by atoms with van der Waals surface area (Å²) in [7, 11) is 3.51. The molecular weight excluding hydrogens is 176 g/mol. The molecule has 0 spiro atoms. The fraction of sp³-hybridized carbons (Fsp3) is 0.364. The van der Waals surface area contributed by atoms with E-state index in [0.29, 0.717) is 0 Å². The van der Waals surface area contributed by atoms with Crippen molar-refractivity contribution < 1.29 is 4.79 Å². The number of amides is 1. The maximum absolute atomic E-state index is 11.4. The van der Waals surface area contributed by atoms with Gasteiger partial charge >= 0.3 is 0 Å². The lowest BCUT2D eigenvalue weighted by Gasteiger charge is -2.14. The van der Waals surface area contributed by atoms with Gasteiger partial charge in [-0.25, -0.2) is 0 Å². The summed E-state index contributed by atoms with van der Waals surface area (Å²) in [5.74, 6) is -0.0867. The number of rotatable bonds is 3. The zero-order chi connectivity index (χ0) is 10.6. The molecule has 14 heavy (non-hydrogen) atoms. The van der Waals surface area contributed by atoms with Gasteiger partial charge in [0, 0.05) is 19.8 Å². The predicted octanol–water partition coefficient (Wildman–Crippen LogP) is 1.58. The highest BCUT2D eigenvalue weighted by Crippen LogP contribution is 2.23. The van der Waals surface area contributed by atoms with Gasteiger partial charge in [0.05, 0.1) is 5.92 Å². The van der Waals surface area contributed by atoms with Crippen LogP contribution in [0.5, 0.6) is 0 Å². The Hall–Kier alpha value is -1.51. The molecule has 0 aliphatic carbocycles. The minimum atomic E-state index is -0.122. The number of hydrogen-bond donors (Lipinski definition) is 2. The van der Waals surface area contributed by atoms with Gasteiger partial charge in [-0.15, -0.1) is 0 Å². The van der Waals surface area contributed by atoms with Crippen molar-refractivity contribution in [3.05, 3.63) is 29.8 Å². The van der Waals surface area contributed by atoms with Crippen molar-refractivity contribution in [2.24, 2.45) is 0 Å². The van der Waals surface area contributed by atoms with E-state index in [-0.39, 0.29) is 11.8 Å². The van der Waals surface area contributed by atoms with Gasteiger partial charge < -0.3 is 10.6 Å². The summed E-state index contributed by atoms with van der Waals surface area (Å²) in [4.78, 5) is 11.4. The predicted molar refractivity (Wildman–Crippen MR) is 58.5 cm³/mol. The first-order chi connectivity index (χ1) is 6.70. The van der Waals surface area contributed by atoms with Crippen LogP contribution >= 0.6 is 0 Å². The zero-order valence-corrected chi connectivity index (χ0v) is 8.79. The molecule has 1 unspecified atom stereocenters. The lowest BCUT2D eigenvalue weighted by molar-refractivity contribution is -0.121. The first-order valence-corrected chi connectivity index (χ1v) is 4.69. The number of carbonyl (C=O) groups is 1. The lowest BCUT2D eigenvalue weighted by Crippen LogP contribution is -2.24. The summed E-state index contributed by atoms with van der Waals surface area (Å²) in [5.41, 5.74) is 2.03. The van der Waals surface area contributed by atoms with E-state index < -0.39 is 0 Å². The average molecular weight is 192 g/mol. The second-order valence-electron chi connectivity index (χ2n) is 3.17. The quantitative estimate of drug-likeness (QED) is 0.763. The number of para-hydroxylation sites is 1. The van der Waals surface area contributed by atoms with Crippen molar-refractivity contribution in [1.82, 2.24) is 5.32 Å². The number of carbonyl (C=O) groups excluding carboxylic acids is 1. The molecule has 2 N–H and O–H groups in total. The van der Waals surface area contributed by atoms with Crippen LogP contribution in [0.2, 0.25) is 0 Å². The van der Waals surface area contributed by atoms with E-state index in [4.69, 9.17) is 0 Å². The van der Waals surface area contributed by atoms with Crippen molar-refractivity contribution in [2.75, 3.05) is 19.4 Å². The van der Waals surface area contributed by atoms with Gasteiger partial charge in [-0.2, -0.15) is 0 Å². The van der Waals surface area contributed by atoms with Crippen molar-refractivity contribution in [2.45, 2.75) is 12.8 Å². The first-order valence-electron chi connectivity index (χ1n) is 4.69. The molecule has 1 rings (SSSR count). The van der Waals surface area contributed by atoms with Crippen LogP contribution in [0.3, 0.4) is 0 Å². The van der Waals surface area contributed by atoms with Crippen molar-refractivity contribution in [3.63, 3.8) is 0 Å². The Morgan fingerprint density at radius 3 is 2.50 bits per heavy atom. The molecule has 0 saturated carbocycles. The van der Waals surface area contributed by atoms with Gasteiger partial charge in [0.15, 0.2) is 0 Å². The molecule has 76 valence electrons. The van der Waals surface area contributed by atoms with E-state index in [1.807, 2.05) is 38.2 Å². The van der Waals surface area contributed by atoms with Gasteiger partial charge in [-0.05, 0) is 18.6 Å². The number of anilines is 1. The summed E-state index contributed by atoms with van der Waals surface area (Å²) in [5, 5.41) is 5.72. The van der Waals surface area contributed by atoms with Crippen LogP contribution < -0.4 is 10.6 Å². The molecular formula is C11H16N2O. The Morgan fingerprint density at radius 1 is 1.29 bits per heavy atom. The maximum Gasteiger partial charge on any atom is 0.227 e. The fourth-order valence-corrected chi connectivity index (χ4v) is 1.46. The van der Waals surface area contributed by atoms with Crippen molar-refractivity contribution in [1.29, 1.82) is 0 Å². The molecule has 0 radical (unpaired) electrons. The van der Waals surface area contributed by atoms with E-state index in [1.54, 1.807) is 7.05 Å². The summed E-state index contributed by atoms with van der Waals surface area (Å²) >= 11 is 0. The number of hydrogen-bond acceptors (Lipinski definition) is 2. The SMILES string of the molecule is CNC(=O)C(C)c1ccccc1NC. The molecule has 1 amide bonds. The molecule has 1 aromatic carbocycles. The summed E-state index contributed by atoms with van der Waals surface area (Å²) in [6.07, 6.45) is 0. The molecule has 0 aliphatic rings. The van der Waals surface area contributed by atoms with Crippen LogP contribution in [-0.4, -0.2) is 20.0 Å². The monoisotopic (exact) mass is 192 g/mol. The third-order valence-corrected chi connectivity index (χ3v) is 2.34. The van der Waals surface area contributed by atoms with Gasteiger partial charge in [0.2, 0.25) is 5.91 Å². The highest BCUT2D eigenvalue weighted by molar-refractivity contribution is 5.84. The van der Waals surface area contributed by atoms with E-state index in [1.165, 1.54) is 0 Å². The maximum atomic E-state index is 11.4. The molecule has 3 nitrogen and oxygen atoms in total. The fourth-order valence-electron chi connectivity index (χ4n) is 1.46. The normalized spacial score (nSPS) is 11.9. The molecule has 0 saturated heterocycles. The van der Waals surface area contributed by atoms with E-state index >= 15 is 0 Å².